The Labute approximate surface area is 99.8 Å². The van der Waals surface area contributed by atoms with Crippen molar-refractivity contribution in [2.45, 2.75) is 51.0 Å². The Morgan fingerprint density at radius 2 is 1.88 bits per heavy atom. The minimum Gasteiger partial charge on any atom is -0.312 e. The van der Waals surface area contributed by atoms with Crippen LogP contribution in [0.3, 0.4) is 0 Å². The SMILES string of the molecule is C1CCN(CCN[C@H]2C[C@H]3CC[C@H]2C3)CC1. The van der Waals surface area contributed by atoms with Gasteiger partial charge in [0, 0.05) is 19.1 Å². The second-order valence-corrected chi connectivity index (χ2v) is 6.14. The fourth-order valence-electron chi connectivity index (χ4n) is 4.09. The normalized spacial score (nSPS) is 39.4. The summed E-state index contributed by atoms with van der Waals surface area (Å²) in [5.74, 6) is 2.11. The summed E-state index contributed by atoms with van der Waals surface area (Å²) >= 11 is 0. The fraction of sp³-hybridized carbons (Fsp3) is 1.00. The highest BCUT2D eigenvalue weighted by molar-refractivity contribution is 4.94. The van der Waals surface area contributed by atoms with Gasteiger partial charge in [-0.1, -0.05) is 12.8 Å². The van der Waals surface area contributed by atoms with Crippen molar-refractivity contribution in [1.82, 2.24) is 10.2 Å². The first kappa shape index (κ1) is 11.0. The van der Waals surface area contributed by atoms with Crippen LogP contribution in [0.2, 0.25) is 0 Å². The van der Waals surface area contributed by atoms with Gasteiger partial charge in [0.15, 0.2) is 0 Å². The maximum Gasteiger partial charge on any atom is 0.0107 e. The van der Waals surface area contributed by atoms with Crippen LogP contribution in [0.15, 0.2) is 0 Å². The van der Waals surface area contributed by atoms with Crippen LogP contribution in [0, 0.1) is 11.8 Å². The summed E-state index contributed by atoms with van der Waals surface area (Å²) < 4.78 is 0. The molecule has 0 amide bonds. The molecule has 2 heteroatoms. The molecule has 92 valence electrons. The lowest BCUT2D eigenvalue weighted by Crippen LogP contribution is -2.41. The summed E-state index contributed by atoms with van der Waals surface area (Å²) in [6.07, 6.45) is 10.3. The van der Waals surface area contributed by atoms with E-state index in [1.54, 1.807) is 0 Å². The van der Waals surface area contributed by atoms with Crippen LogP contribution in [-0.2, 0) is 0 Å². The molecule has 2 aliphatic carbocycles. The largest absolute Gasteiger partial charge is 0.312 e. The number of nitrogens with one attached hydrogen (secondary N) is 1. The van der Waals surface area contributed by atoms with E-state index in [1.165, 1.54) is 71.1 Å². The van der Waals surface area contributed by atoms with E-state index in [0.29, 0.717) is 0 Å². The van der Waals surface area contributed by atoms with Crippen LogP contribution in [0.5, 0.6) is 0 Å². The standard InChI is InChI=1S/C14H26N2/c1-2-7-16(8-3-1)9-6-15-14-11-12-4-5-13(14)10-12/h12-15H,1-11H2/t12-,13-,14-/m0/s1. The lowest BCUT2D eigenvalue weighted by molar-refractivity contribution is 0.221. The van der Waals surface area contributed by atoms with Crippen molar-refractivity contribution in [3.63, 3.8) is 0 Å². The van der Waals surface area contributed by atoms with E-state index in [-0.39, 0.29) is 0 Å². The minimum atomic E-state index is 0.878. The van der Waals surface area contributed by atoms with Gasteiger partial charge >= 0.3 is 0 Å². The van der Waals surface area contributed by atoms with Crippen LogP contribution in [-0.4, -0.2) is 37.1 Å². The molecule has 2 saturated carbocycles. The smallest absolute Gasteiger partial charge is 0.0107 e. The molecule has 0 spiro atoms. The second-order valence-electron chi connectivity index (χ2n) is 6.14. The van der Waals surface area contributed by atoms with Crippen LogP contribution in [0.4, 0.5) is 0 Å². The summed E-state index contributed by atoms with van der Waals surface area (Å²) in [4.78, 5) is 2.64. The Morgan fingerprint density at radius 1 is 1.00 bits per heavy atom. The van der Waals surface area contributed by atoms with Crippen LogP contribution in [0.1, 0.15) is 44.9 Å². The number of likely N-dealkylation sites (tertiary alicyclic amines) is 1. The molecular formula is C14H26N2. The average Bonchev–Trinajstić information content (AvgIpc) is 2.92. The van der Waals surface area contributed by atoms with Crippen LogP contribution < -0.4 is 5.32 Å². The zero-order valence-electron chi connectivity index (χ0n) is 10.5. The molecule has 0 aromatic rings. The molecule has 0 unspecified atom stereocenters. The first-order valence-corrected chi connectivity index (χ1v) is 7.37. The predicted octanol–water partition coefficient (Wildman–Crippen LogP) is 2.25. The van der Waals surface area contributed by atoms with Crippen molar-refractivity contribution in [1.29, 1.82) is 0 Å². The van der Waals surface area contributed by atoms with Crippen molar-refractivity contribution >= 4 is 0 Å². The van der Waals surface area contributed by atoms with Gasteiger partial charge in [0.25, 0.3) is 0 Å². The van der Waals surface area contributed by atoms with Gasteiger partial charge in [-0.05, 0) is 57.0 Å². The Bertz CT molecular complexity index is 223. The summed E-state index contributed by atoms with van der Waals surface area (Å²) in [6.45, 7) is 5.21. The quantitative estimate of drug-likeness (QED) is 0.785. The molecule has 1 aliphatic heterocycles. The Hall–Kier alpha value is -0.0800. The van der Waals surface area contributed by atoms with Gasteiger partial charge in [-0.25, -0.2) is 0 Å². The van der Waals surface area contributed by atoms with Gasteiger partial charge in [-0.3, -0.25) is 0 Å². The minimum absolute atomic E-state index is 0.878. The molecule has 0 radical (unpaired) electrons. The lowest BCUT2D eigenvalue weighted by atomic mass is 9.95. The predicted molar refractivity (Wildman–Crippen MR) is 67.5 cm³/mol. The average molecular weight is 222 g/mol. The van der Waals surface area contributed by atoms with Crippen molar-refractivity contribution in [2.75, 3.05) is 26.2 Å². The van der Waals surface area contributed by atoms with E-state index in [0.717, 1.165) is 17.9 Å². The second kappa shape index (κ2) is 5.05. The molecule has 2 nitrogen and oxygen atoms in total. The number of nitrogens with zero attached hydrogens (tertiary/aromatic N) is 1. The van der Waals surface area contributed by atoms with Gasteiger partial charge in [-0.2, -0.15) is 0 Å². The third kappa shape index (κ3) is 2.43. The van der Waals surface area contributed by atoms with Crippen LogP contribution in [0.25, 0.3) is 0 Å². The van der Waals surface area contributed by atoms with E-state index >= 15 is 0 Å². The molecule has 0 aromatic heterocycles. The Morgan fingerprint density at radius 3 is 2.56 bits per heavy atom. The maximum atomic E-state index is 3.82. The van der Waals surface area contributed by atoms with Crippen molar-refractivity contribution in [3.05, 3.63) is 0 Å². The van der Waals surface area contributed by atoms with E-state index in [1.807, 2.05) is 0 Å². The van der Waals surface area contributed by atoms with Crippen molar-refractivity contribution in [3.8, 4) is 0 Å². The molecule has 3 fully saturated rings. The molecule has 1 saturated heterocycles. The van der Waals surface area contributed by atoms with Gasteiger partial charge < -0.3 is 10.2 Å². The number of hydrogen-bond acceptors (Lipinski definition) is 2. The molecule has 0 aromatic carbocycles. The number of rotatable bonds is 4. The zero-order valence-corrected chi connectivity index (χ0v) is 10.5. The monoisotopic (exact) mass is 222 g/mol. The number of fused-ring (bicyclic) bond motifs is 2. The highest BCUT2D eigenvalue weighted by Crippen LogP contribution is 2.44. The lowest BCUT2D eigenvalue weighted by Gasteiger charge is -2.28. The molecule has 16 heavy (non-hydrogen) atoms. The van der Waals surface area contributed by atoms with Crippen molar-refractivity contribution in [2.24, 2.45) is 11.8 Å². The van der Waals surface area contributed by atoms with E-state index < -0.39 is 0 Å². The molecule has 1 N–H and O–H groups in total. The summed E-state index contributed by atoms with van der Waals surface area (Å²) in [5.41, 5.74) is 0. The molecular weight excluding hydrogens is 196 g/mol. The topological polar surface area (TPSA) is 15.3 Å². The Kier molecular flexibility index (Phi) is 3.49. The molecule has 3 rings (SSSR count). The summed E-state index contributed by atoms with van der Waals surface area (Å²) in [5, 5.41) is 3.82. The van der Waals surface area contributed by atoms with Gasteiger partial charge in [0.05, 0.1) is 0 Å². The van der Waals surface area contributed by atoms with E-state index in [2.05, 4.69) is 10.2 Å². The van der Waals surface area contributed by atoms with Crippen molar-refractivity contribution < 1.29 is 0 Å². The third-order valence-corrected chi connectivity index (χ3v) is 5.02. The van der Waals surface area contributed by atoms with E-state index in [9.17, 15) is 0 Å². The molecule has 3 atom stereocenters. The molecule has 1 heterocycles. The fourth-order valence-corrected chi connectivity index (χ4v) is 4.09. The number of hydrogen-bond donors (Lipinski definition) is 1. The summed E-state index contributed by atoms with van der Waals surface area (Å²) in [7, 11) is 0. The first-order valence-electron chi connectivity index (χ1n) is 7.37. The Balaban J connectivity index is 1.34. The number of piperidine rings is 1. The third-order valence-electron chi connectivity index (χ3n) is 5.02. The highest BCUT2D eigenvalue weighted by Gasteiger charge is 2.38. The highest BCUT2D eigenvalue weighted by atomic mass is 15.1. The van der Waals surface area contributed by atoms with E-state index in [4.69, 9.17) is 0 Å². The molecule has 3 aliphatic rings. The molecule has 2 bridgehead atoms. The zero-order chi connectivity index (χ0) is 10.8. The van der Waals surface area contributed by atoms with Gasteiger partial charge in [-0.15, -0.1) is 0 Å². The van der Waals surface area contributed by atoms with Gasteiger partial charge in [0.2, 0.25) is 0 Å². The van der Waals surface area contributed by atoms with Gasteiger partial charge in [0.1, 0.15) is 0 Å². The van der Waals surface area contributed by atoms with Crippen LogP contribution >= 0.6 is 0 Å². The summed E-state index contributed by atoms with van der Waals surface area (Å²) in [6, 6.07) is 0.878. The maximum absolute atomic E-state index is 3.82. The first-order chi connectivity index (χ1) is 7.92.